The van der Waals surface area contributed by atoms with Gasteiger partial charge in [-0.1, -0.05) is 43.7 Å². The Labute approximate surface area is 180 Å². The third-order valence-corrected chi connectivity index (χ3v) is 4.82. The number of methoxy groups -OCH3 is 1. The van der Waals surface area contributed by atoms with Crippen LogP contribution in [0.4, 0.5) is 0 Å². The molecule has 0 aliphatic heterocycles. The predicted octanol–water partition coefficient (Wildman–Crippen LogP) is 4.52. The highest BCUT2D eigenvalue weighted by molar-refractivity contribution is 5.69. The van der Waals surface area contributed by atoms with Crippen molar-refractivity contribution in [3.05, 3.63) is 59.7 Å². The van der Waals surface area contributed by atoms with Crippen LogP contribution in [0, 0.1) is 0 Å². The average Bonchev–Trinajstić information content (AvgIpc) is 2.75. The molecule has 0 aliphatic rings. The maximum absolute atomic E-state index is 12.1. The Morgan fingerprint density at radius 1 is 1.07 bits per heavy atom. The number of unbranched alkanes of at least 4 members (excludes halogenated alkanes) is 1. The molecule has 0 heterocycles. The van der Waals surface area contributed by atoms with Crippen LogP contribution < -0.4 is 9.47 Å². The van der Waals surface area contributed by atoms with Gasteiger partial charge in [-0.15, -0.1) is 0 Å². The van der Waals surface area contributed by atoms with Crippen LogP contribution in [0.15, 0.2) is 48.5 Å². The van der Waals surface area contributed by atoms with Crippen LogP contribution in [0.2, 0.25) is 0 Å². The summed E-state index contributed by atoms with van der Waals surface area (Å²) in [6, 6.07) is 16.2. The summed E-state index contributed by atoms with van der Waals surface area (Å²) in [6.45, 7) is 3.03. The first-order chi connectivity index (χ1) is 14.5. The topological polar surface area (TPSA) is 48.0 Å². The summed E-state index contributed by atoms with van der Waals surface area (Å²) in [7, 11) is 5.62. The van der Waals surface area contributed by atoms with E-state index in [0.717, 1.165) is 42.7 Å². The van der Waals surface area contributed by atoms with Gasteiger partial charge in [0.05, 0.1) is 7.11 Å². The Bertz CT molecular complexity index is 775. The molecule has 2 aromatic rings. The molecule has 5 heteroatoms. The Balaban J connectivity index is 1.98. The Morgan fingerprint density at radius 3 is 2.60 bits per heavy atom. The number of benzene rings is 2. The molecule has 2 aromatic carbocycles. The molecule has 0 N–H and O–H groups in total. The van der Waals surface area contributed by atoms with Crippen LogP contribution in [0.3, 0.4) is 0 Å². The Morgan fingerprint density at radius 2 is 1.87 bits per heavy atom. The van der Waals surface area contributed by atoms with E-state index in [-0.39, 0.29) is 12.1 Å². The van der Waals surface area contributed by atoms with Gasteiger partial charge >= 0.3 is 5.97 Å². The number of aryl methyl sites for hydroxylation is 2. The van der Waals surface area contributed by atoms with E-state index in [9.17, 15) is 4.79 Å². The lowest BCUT2D eigenvalue weighted by molar-refractivity contribution is -0.151. The number of para-hydroxylation sites is 1. The number of likely N-dealkylation sites (N-methyl/N-ethyl adjacent to an activating group) is 1. The molecule has 0 aliphatic carbocycles. The average molecular weight is 414 g/mol. The van der Waals surface area contributed by atoms with Crippen LogP contribution in [0.1, 0.15) is 37.3 Å². The van der Waals surface area contributed by atoms with E-state index in [4.69, 9.17) is 14.2 Å². The normalized spacial score (nSPS) is 11.9. The second-order valence-corrected chi connectivity index (χ2v) is 7.75. The van der Waals surface area contributed by atoms with Crippen molar-refractivity contribution in [3.63, 3.8) is 0 Å². The zero-order valence-corrected chi connectivity index (χ0v) is 18.7. The molecule has 30 heavy (non-hydrogen) atoms. The minimum atomic E-state index is -0.296. The van der Waals surface area contributed by atoms with Crippen molar-refractivity contribution in [1.29, 1.82) is 0 Å². The van der Waals surface area contributed by atoms with Crippen molar-refractivity contribution in [1.82, 2.24) is 4.90 Å². The van der Waals surface area contributed by atoms with Crippen molar-refractivity contribution in [2.45, 2.75) is 45.1 Å². The molecule has 0 saturated carbocycles. The minimum Gasteiger partial charge on any atom is -0.497 e. The first-order valence-electron chi connectivity index (χ1n) is 10.7. The molecule has 0 spiro atoms. The van der Waals surface area contributed by atoms with Crippen LogP contribution in [-0.2, 0) is 22.4 Å². The highest BCUT2D eigenvalue weighted by Crippen LogP contribution is 2.22. The second-order valence-electron chi connectivity index (χ2n) is 7.75. The van der Waals surface area contributed by atoms with Crippen LogP contribution in [-0.4, -0.2) is 51.3 Å². The summed E-state index contributed by atoms with van der Waals surface area (Å²) < 4.78 is 17.1. The summed E-state index contributed by atoms with van der Waals surface area (Å²) in [6.07, 6.45) is 3.74. The van der Waals surface area contributed by atoms with Crippen molar-refractivity contribution in [2.75, 3.05) is 34.4 Å². The molecule has 5 nitrogen and oxygen atoms in total. The fourth-order valence-electron chi connectivity index (χ4n) is 3.24. The number of carbonyl (C=O) groups is 1. The molecule has 0 amide bonds. The highest BCUT2D eigenvalue weighted by Gasteiger charge is 2.17. The second kappa shape index (κ2) is 12.9. The Hall–Kier alpha value is -2.53. The smallest absolute Gasteiger partial charge is 0.306 e. The quantitative estimate of drug-likeness (QED) is 0.452. The summed E-state index contributed by atoms with van der Waals surface area (Å²) in [5.41, 5.74) is 2.36. The summed E-state index contributed by atoms with van der Waals surface area (Å²) in [5.74, 6) is 1.56. The van der Waals surface area contributed by atoms with Crippen molar-refractivity contribution in [3.8, 4) is 11.5 Å². The number of carbonyl (C=O) groups excluding carboxylic acids is 1. The number of hydrogen-bond acceptors (Lipinski definition) is 5. The maximum Gasteiger partial charge on any atom is 0.306 e. The third kappa shape index (κ3) is 8.46. The number of esters is 1. The molecular weight excluding hydrogens is 378 g/mol. The predicted molar refractivity (Wildman–Crippen MR) is 120 cm³/mol. The SMILES string of the molecule is CCCCC(=O)O[C@@H](COc1ccccc1CCc1cccc(OC)c1)CN(C)C. The zero-order chi connectivity index (χ0) is 21.8. The van der Waals surface area contributed by atoms with E-state index in [0.29, 0.717) is 19.6 Å². The standard InChI is InChI=1S/C25H35NO4/c1-5-6-14-25(27)30-23(18-26(2)3)19-29-24-13-8-7-11-21(24)16-15-20-10-9-12-22(17-20)28-4/h7-13,17,23H,5-6,14-16,18-19H2,1-4H3/t23-/m1/s1. The fraction of sp³-hybridized carbons (Fsp3) is 0.480. The lowest BCUT2D eigenvalue weighted by atomic mass is 10.0. The van der Waals surface area contributed by atoms with E-state index >= 15 is 0 Å². The van der Waals surface area contributed by atoms with Gasteiger partial charge in [0, 0.05) is 13.0 Å². The Kier molecular flexibility index (Phi) is 10.2. The minimum absolute atomic E-state index is 0.154. The summed E-state index contributed by atoms with van der Waals surface area (Å²) in [5, 5.41) is 0. The van der Waals surface area contributed by atoms with Gasteiger partial charge in [0.25, 0.3) is 0 Å². The van der Waals surface area contributed by atoms with Gasteiger partial charge in [-0.25, -0.2) is 0 Å². The largest absolute Gasteiger partial charge is 0.497 e. The molecule has 0 aromatic heterocycles. The van der Waals surface area contributed by atoms with Crippen LogP contribution in [0.25, 0.3) is 0 Å². The van der Waals surface area contributed by atoms with Gasteiger partial charge in [-0.05, 0) is 62.7 Å². The fourth-order valence-corrected chi connectivity index (χ4v) is 3.24. The van der Waals surface area contributed by atoms with Gasteiger partial charge in [0.15, 0.2) is 0 Å². The molecule has 0 unspecified atom stereocenters. The molecule has 0 fully saturated rings. The van der Waals surface area contributed by atoms with Crippen LogP contribution >= 0.6 is 0 Å². The number of hydrogen-bond donors (Lipinski definition) is 0. The molecule has 0 bridgehead atoms. The van der Waals surface area contributed by atoms with Crippen molar-refractivity contribution < 1.29 is 19.0 Å². The van der Waals surface area contributed by atoms with Gasteiger partial charge in [0.1, 0.15) is 24.2 Å². The molecular formula is C25H35NO4. The summed E-state index contributed by atoms with van der Waals surface area (Å²) in [4.78, 5) is 14.1. The first kappa shape index (κ1) is 23.7. The zero-order valence-electron chi connectivity index (χ0n) is 18.7. The molecule has 0 saturated heterocycles. The van der Waals surface area contributed by atoms with Crippen molar-refractivity contribution in [2.24, 2.45) is 0 Å². The lowest BCUT2D eigenvalue weighted by Gasteiger charge is -2.22. The highest BCUT2D eigenvalue weighted by atomic mass is 16.6. The van der Waals surface area contributed by atoms with E-state index in [2.05, 4.69) is 25.1 Å². The molecule has 0 radical (unpaired) electrons. The van der Waals surface area contributed by atoms with E-state index in [1.807, 2.05) is 49.3 Å². The number of ether oxygens (including phenoxy) is 3. The molecule has 164 valence electrons. The molecule has 1 atom stereocenters. The number of rotatable bonds is 13. The van der Waals surface area contributed by atoms with Crippen LogP contribution in [0.5, 0.6) is 11.5 Å². The first-order valence-corrected chi connectivity index (χ1v) is 10.7. The summed E-state index contributed by atoms with van der Waals surface area (Å²) >= 11 is 0. The van der Waals surface area contributed by atoms with Gasteiger partial charge < -0.3 is 19.1 Å². The third-order valence-electron chi connectivity index (χ3n) is 4.82. The lowest BCUT2D eigenvalue weighted by Crippen LogP contribution is -2.35. The number of nitrogens with zero attached hydrogens (tertiary/aromatic N) is 1. The van der Waals surface area contributed by atoms with E-state index in [1.54, 1.807) is 7.11 Å². The van der Waals surface area contributed by atoms with Gasteiger partial charge in [-0.2, -0.15) is 0 Å². The maximum atomic E-state index is 12.1. The van der Waals surface area contributed by atoms with Gasteiger partial charge in [0.2, 0.25) is 0 Å². The molecule has 2 rings (SSSR count). The van der Waals surface area contributed by atoms with Gasteiger partial charge in [-0.3, -0.25) is 4.79 Å². The van der Waals surface area contributed by atoms with E-state index < -0.39 is 0 Å². The van der Waals surface area contributed by atoms with E-state index in [1.165, 1.54) is 5.56 Å². The monoisotopic (exact) mass is 413 g/mol. The van der Waals surface area contributed by atoms with Crippen molar-refractivity contribution >= 4 is 5.97 Å².